The Morgan fingerprint density at radius 3 is 2.41 bits per heavy atom. The number of anilines is 1. The van der Waals surface area contributed by atoms with Crippen LogP contribution in [0, 0.1) is 0 Å². The number of nitrogens with zero attached hydrogens (tertiary/aromatic N) is 1. The van der Waals surface area contributed by atoms with Crippen molar-refractivity contribution >= 4 is 33.2 Å². The van der Waals surface area contributed by atoms with Crippen LogP contribution in [0.2, 0.25) is 5.02 Å². The number of fused-ring (bicyclic) bond motifs is 1. The Kier molecular flexibility index (Phi) is 4.43. The maximum absolute atomic E-state index is 12.8. The lowest BCUT2D eigenvalue weighted by Crippen LogP contribution is -2.32. The molecule has 2 aliphatic rings. The van der Waals surface area contributed by atoms with Crippen LogP contribution in [0.5, 0.6) is 0 Å². The maximum atomic E-state index is 12.8. The van der Waals surface area contributed by atoms with Crippen molar-refractivity contribution in [1.29, 1.82) is 0 Å². The minimum absolute atomic E-state index is 0.0856. The van der Waals surface area contributed by atoms with E-state index in [4.69, 9.17) is 11.6 Å². The standard InChI is InChI=1S/C15H19ClN2O3S/c16-13-10-12(9-11-5-6-14(19)17-15(11)13)22(20,21)18-7-3-1-2-4-8-18/h9-10H,1-8H2,(H,17,19). The number of benzene rings is 1. The molecule has 0 radical (unpaired) electrons. The molecule has 22 heavy (non-hydrogen) atoms. The summed E-state index contributed by atoms with van der Waals surface area (Å²) < 4.78 is 27.2. The molecule has 0 bridgehead atoms. The van der Waals surface area contributed by atoms with Gasteiger partial charge in [0, 0.05) is 19.5 Å². The Hall–Kier alpha value is -1.11. The lowest BCUT2D eigenvalue weighted by atomic mass is 10.0. The molecule has 1 aromatic carbocycles. The number of rotatable bonds is 2. The lowest BCUT2D eigenvalue weighted by molar-refractivity contribution is -0.116. The van der Waals surface area contributed by atoms with Crippen LogP contribution in [0.3, 0.4) is 0 Å². The molecule has 3 rings (SSSR count). The largest absolute Gasteiger partial charge is 0.325 e. The molecule has 2 heterocycles. The second-order valence-corrected chi connectivity index (χ2v) is 8.15. The van der Waals surface area contributed by atoms with Gasteiger partial charge in [-0.15, -0.1) is 0 Å². The van der Waals surface area contributed by atoms with Crippen molar-refractivity contribution in [2.45, 2.75) is 43.4 Å². The van der Waals surface area contributed by atoms with Gasteiger partial charge in [-0.3, -0.25) is 4.79 Å². The topological polar surface area (TPSA) is 66.5 Å². The molecule has 1 fully saturated rings. The molecule has 2 aliphatic heterocycles. The van der Waals surface area contributed by atoms with Crippen LogP contribution in [-0.4, -0.2) is 31.7 Å². The third kappa shape index (κ3) is 3.00. The van der Waals surface area contributed by atoms with Crippen molar-refractivity contribution in [3.8, 4) is 0 Å². The maximum Gasteiger partial charge on any atom is 0.243 e. The molecule has 1 N–H and O–H groups in total. The smallest absolute Gasteiger partial charge is 0.243 e. The van der Waals surface area contributed by atoms with Gasteiger partial charge in [0.05, 0.1) is 15.6 Å². The van der Waals surface area contributed by atoms with Gasteiger partial charge in [0.25, 0.3) is 0 Å². The second-order valence-electron chi connectivity index (χ2n) is 5.81. The highest BCUT2D eigenvalue weighted by molar-refractivity contribution is 7.89. The number of hydrogen-bond donors (Lipinski definition) is 1. The number of carbonyl (C=O) groups is 1. The van der Waals surface area contributed by atoms with Gasteiger partial charge in [0.1, 0.15) is 0 Å². The van der Waals surface area contributed by atoms with Crippen LogP contribution in [0.25, 0.3) is 0 Å². The minimum Gasteiger partial charge on any atom is -0.325 e. The van der Waals surface area contributed by atoms with Crippen LogP contribution in [0.15, 0.2) is 17.0 Å². The third-order valence-electron chi connectivity index (χ3n) is 4.23. The summed E-state index contributed by atoms with van der Waals surface area (Å²) in [5, 5.41) is 3.01. The summed E-state index contributed by atoms with van der Waals surface area (Å²) >= 11 is 6.19. The van der Waals surface area contributed by atoms with E-state index in [0.29, 0.717) is 36.6 Å². The molecule has 5 nitrogen and oxygen atoms in total. The number of amides is 1. The molecule has 1 saturated heterocycles. The number of sulfonamides is 1. The van der Waals surface area contributed by atoms with Crippen molar-refractivity contribution in [3.05, 3.63) is 22.7 Å². The first-order valence-corrected chi connectivity index (χ1v) is 9.43. The predicted octanol–water partition coefficient (Wildman–Crippen LogP) is 2.79. The van der Waals surface area contributed by atoms with E-state index in [0.717, 1.165) is 31.2 Å². The average Bonchev–Trinajstić information content (AvgIpc) is 2.77. The summed E-state index contributed by atoms with van der Waals surface area (Å²) in [6, 6.07) is 3.10. The van der Waals surface area contributed by atoms with Gasteiger partial charge < -0.3 is 5.32 Å². The van der Waals surface area contributed by atoms with Gasteiger partial charge in [-0.1, -0.05) is 24.4 Å². The molecular formula is C15H19ClN2O3S. The second kappa shape index (κ2) is 6.18. The van der Waals surface area contributed by atoms with Crippen LogP contribution >= 0.6 is 11.6 Å². The first-order chi connectivity index (χ1) is 10.5. The molecular weight excluding hydrogens is 324 g/mol. The Morgan fingerprint density at radius 1 is 1.05 bits per heavy atom. The van der Waals surface area contributed by atoms with Gasteiger partial charge in [-0.25, -0.2) is 8.42 Å². The fraction of sp³-hybridized carbons (Fsp3) is 0.533. The van der Waals surface area contributed by atoms with Gasteiger partial charge in [-0.2, -0.15) is 4.31 Å². The average molecular weight is 343 g/mol. The van der Waals surface area contributed by atoms with E-state index in [1.54, 1.807) is 10.4 Å². The van der Waals surface area contributed by atoms with Crippen molar-refractivity contribution < 1.29 is 13.2 Å². The fourth-order valence-electron chi connectivity index (χ4n) is 3.00. The molecule has 0 saturated carbocycles. The normalized spacial score (nSPS) is 20.1. The fourth-order valence-corrected chi connectivity index (χ4v) is 4.95. The number of hydrogen-bond acceptors (Lipinski definition) is 3. The molecule has 0 spiro atoms. The molecule has 0 aromatic heterocycles. The van der Waals surface area contributed by atoms with E-state index >= 15 is 0 Å². The van der Waals surface area contributed by atoms with Crippen LogP contribution in [-0.2, 0) is 21.2 Å². The Balaban J connectivity index is 1.97. The van der Waals surface area contributed by atoms with Crippen molar-refractivity contribution in [3.63, 3.8) is 0 Å². The van der Waals surface area contributed by atoms with Gasteiger partial charge >= 0.3 is 0 Å². The van der Waals surface area contributed by atoms with Crippen LogP contribution < -0.4 is 5.32 Å². The number of aryl methyl sites for hydroxylation is 1. The predicted molar refractivity (Wildman–Crippen MR) is 85.6 cm³/mol. The molecule has 120 valence electrons. The van der Waals surface area contributed by atoms with Gasteiger partial charge in [-0.05, 0) is 37.0 Å². The summed E-state index contributed by atoms with van der Waals surface area (Å²) in [4.78, 5) is 11.7. The van der Waals surface area contributed by atoms with E-state index in [9.17, 15) is 13.2 Å². The lowest BCUT2D eigenvalue weighted by Gasteiger charge is -2.23. The van der Waals surface area contributed by atoms with Gasteiger partial charge in [0.15, 0.2) is 0 Å². The highest BCUT2D eigenvalue weighted by Crippen LogP contribution is 2.34. The highest BCUT2D eigenvalue weighted by atomic mass is 35.5. The summed E-state index contributed by atoms with van der Waals surface area (Å²) in [6.07, 6.45) is 4.81. The zero-order chi connectivity index (χ0) is 15.7. The first kappa shape index (κ1) is 15.8. The molecule has 1 amide bonds. The monoisotopic (exact) mass is 342 g/mol. The molecule has 0 atom stereocenters. The number of nitrogens with one attached hydrogen (secondary N) is 1. The van der Waals surface area contributed by atoms with Gasteiger partial charge in [0.2, 0.25) is 15.9 Å². The van der Waals surface area contributed by atoms with E-state index in [-0.39, 0.29) is 10.8 Å². The molecule has 7 heteroatoms. The molecule has 0 unspecified atom stereocenters. The molecule has 1 aromatic rings. The van der Waals surface area contributed by atoms with E-state index in [1.807, 2.05) is 0 Å². The van der Waals surface area contributed by atoms with E-state index in [2.05, 4.69) is 5.32 Å². The summed E-state index contributed by atoms with van der Waals surface area (Å²) in [6.45, 7) is 1.13. The summed E-state index contributed by atoms with van der Waals surface area (Å²) in [7, 11) is -3.52. The third-order valence-corrected chi connectivity index (χ3v) is 6.41. The first-order valence-electron chi connectivity index (χ1n) is 7.61. The van der Waals surface area contributed by atoms with E-state index in [1.165, 1.54) is 6.07 Å². The number of halogens is 1. The Morgan fingerprint density at radius 2 is 1.73 bits per heavy atom. The van der Waals surface area contributed by atoms with Crippen molar-refractivity contribution in [2.24, 2.45) is 0 Å². The quantitative estimate of drug-likeness (QED) is 0.898. The van der Waals surface area contributed by atoms with Crippen LogP contribution in [0.1, 0.15) is 37.7 Å². The summed E-state index contributed by atoms with van der Waals surface area (Å²) in [5.41, 5.74) is 1.34. The minimum atomic E-state index is -3.52. The zero-order valence-electron chi connectivity index (χ0n) is 12.3. The SMILES string of the molecule is O=C1CCc2cc(S(=O)(=O)N3CCCCCC3)cc(Cl)c2N1. The van der Waals surface area contributed by atoms with Crippen molar-refractivity contribution in [2.75, 3.05) is 18.4 Å². The van der Waals surface area contributed by atoms with Crippen molar-refractivity contribution in [1.82, 2.24) is 4.31 Å². The highest BCUT2D eigenvalue weighted by Gasteiger charge is 2.28. The number of carbonyl (C=O) groups excluding carboxylic acids is 1. The summed E-state index contributed by atoms with van der Waals surface area (Å²) in [5.74, 6) is -0.0856. The van der Waals surface area contributed by atoms with E-state index < -0.39 is 10.0 Å². The van der Waals surface area contributed by atoms with Crippen LogP contribution in [0.4, 0.5) is 5.69 Å². The zero-order valence-corrected chi connectivity index (χ0v) is 13.8. The Labute approximate surface area is 135 Å². The Bertz CT molecular complexity index is 695. The molecule has 0 aliphatic carbocycles.